The molecule has 0 aliphatic carbocycles. The molecule has 0 spiro atoms. The maximum absolute atomic E-state index is 9.65. The molecule has 100 valence electrons. The molecule has 2 aromatic carbocycles. The number of aliphatic hydroxyl groups is 1. The number of nitrogens with one attached hydrogen (secondary N) is 1. The highest BCUT2D eigenvalue weighted by molar-refractivity contribution is 9.11. The summed E-state index contributed by atoms with van der Waals surface area (Å²) in [5.74, 6) is 0.194. The second-order valence-corrected chi connectivity index (χ2v) is 5.79. The zero-order chi connectivity index (χ0) is 13.8. The van der Waals surface area contributed by atoms with Gasteiger partial charge in [-0.3, -0.25) is 0 Å². The van der Waals surface area contributed by atoms with Crippen molar-refractivity contribution in [2.75, 3.05) is 5.32 Å². The van der Waals surface area contributed by atoms with Crippen molar-refractivity contribution in [1.82, 2.24) is 0 Å². The van der Waals surface area contributed by atoms with E-state index in [9.17, 15) is 10.2 Å². The predicted molar refractivity (Wildman–Crippen MR) is 83.2 cm³/mol. The molecule has 0 aliphatic rings. The van der Waals surface area contributed by atoms with Gasteiger partial charge in [-0.2, -0.15) is 0 Å². The summed E-state index contributed by atoms with van der Waals surface area (Å²) in [6.45, 7) is 0.612. The fourth-order valence-corrected chi connectivity index (χ4v) is 3.03. The van der Waals surface area contributed by atoms with Crippen LogP contribution >= 0.6 is 31.9 Å². The molecule has 0 bridgehead atoms. The lowest BCUT2D eigenvalue weighted by Gasteiger charge is -2.11. The molecule has 2 rings (SSSR count). The van der Waals surface area contributed by atoms with Crippen molar-refractivity contribution in [3.63, 3.8) is 0 Å². The molecule has 0 amide bonds. The summed E-state index contributed by atoms with van der Waals surface area (Å²) in [7, 11) is 0. The van der Waals surface area contributed by atoms with Gasteiger partial charge in [0.1, 0.15) is 5.75 Å². The van der Waals surface area contributed by atoms with E-state index >= 15 is 0 Å². The lowest BCUT2D eigenvalue weighted by molar-refractivity contribution is 0.282. The molecular formula is C14H13Br2NO2. The Labute approximate surface area is 128 Å². The number of aliphatic hydroxyl groups excluding tert-OH is 1. The maximum Gasteiger partial charge on any atom is 0.143 e. The smallest absolute Gasteiger partial charge is 0.143 e. The zero-order valence-electron chi connectivity index (χ0n) is 10.0. The van der Waals surface area contributed by atoms with Crippen molar-refractivity contribution in [2.24, 2.45) is 0 Å². The standard InChI is InChI=1S/C14H13Br2NO2/c15-11-5-9(6-12(16)14(11)19)7-17-13-4-2-1-3-10(13)8-18/h1-6,17-19H,7-8H2. The minimum Gasteiger partial charge on any atom is -0.506 e. The fourth-order valence-electron chi connectivity index (χ4n) is 1.75. The summed E-state index contributed by atoms with van der Waals surface area (Å²) >= 11 is 6.61. The average Bonchev–Trinajstić information content (AvgIpc) is 2.42. The largest absolute Gasteiger partial charge is 0.506 e. The minimum atomic E-state index is 0.00609. The minimum absolute atomic E-state index is 0.00609. The topological polar surface area (TPSA) is 52.5 Å². The van der Waals surface area contributed by atoms with E-state index in [0.29, 0.717) is 15.5 Å². The summed E-state index contributed by atoms with van der Waals surface area (Å²) in [6.07, 6.45) is 0. The van der Waals surface area contributed by atoms with Crippen LogP contribution < -0.4 is 5.32 Å². The van der Waals surface area contributed by atoms with E-state index in [1.165, 1.54) is 0 Å². The molecule has 0 fully saturated rings. The molecule has 0 unspecified atom stereocenters. The van der Waals surface area contributed by atoms with E-state index in [0.717, 1.165) is 16.8 Å². The van der Waals surface area contributed by atoms with Crippen molar-refractivity contribution in [2.45, 2.75) is 13.2 Å². The first-order valence-electron chi connectivity index (χ1n) is 5.71. The van der Waals surface area contributed by atoms with Gasteiger partial charge in [-0.1, -0.05) is 18.2 Å². The van der Waals surface area contributed by atoms with Crippen LogP contribution in [0.4, 0.5) is 5.69 Å². The predicted octanol–water partition coefficient (Wildman–Crippen LogP) is 4.02. The van der Waals surface area contributed by atoms with Gasteiger partial charge in [0.15, 0.2) is 0 Å². The Morgan fingerprint density at radius 3 is 2.32 bits per heavy atom. The number of anilines is 1. The van der Waals surface area contributed by atoms with Gasteiger partial charge in [-0.05, 0) is 55.6 Å². The summed E-state index contributed by atoms with van der Waals surface area (Å²) in [4.78, 5) is 0. The SMILES string of the molecule is OCc1ccccc1NCc1cc(Br)c(O)c(Br)c1. The van der Waals surface area contributed by atoms with E-state index in [2.05, 4.69) is 37.2 Å². The van der Waals surface area contributed by atoms with E-state index < -0.39 is 0 Å². The summed E-state index contributed by atoms with van der Waals surface area (Å²) < 4.78 is 1.29. The Balaban J connectivity index is 2.15. The van der Waals surface area contributed by atoms with Gasteiger partial charge in [0.25, 0.3) is 0 Å². The lowest BCUT2D eigenvalue weighted by atomic mass is 10.1. The number of rotatable bonds is 4. The van der Waals surface area contributed by atoms with Gasteiger partial charge in [0.2, 0.25) is 0 Å². The number of phenols is 1. The van der Waals surface area contributed by atoms with Crippen LogP contribution in [0.15, 0.2) is 45.3 Å². The van der Waals surface area contributed by atoms with Crippen LogP contribution in [0.5, 0.6) is 5.75 Å². The van der Waals surface area contributed by atoms with Gasteiger partial charge in [-0.25, -0.2) is 0 Å². The molecule has 5 heteroatoms. The first-order chi connectivity index (χ1) is 9.11. The number of hydrogen-bond acceptors (Lipinski definition) is 3. The number of benzene rings is 2. The fraction of sp³-hybridized carbons (Fsp3) is 0.143. The Morgan fingerprint density at radius 2 is 1.68 bits per heavy atom. The molecule has 19 heavy (non-hydrogen) atoms. The van der Waals surface area contributed by atoms with Crippen LogP contribution in [-0.4, -0.2) is 10.2 Å². The molecule has 0 aromatic heterocycles. The quantitative estimate of drug-likeness (QED) is 0.743. The van der Waals surface area contributed by atoms with Crippen molar-refractivity contribution in [3.05, 3.63) is 56.5 Å². The van der Waals surface area contributed by atoms with E-state index in [-0.39, 0.29) is 12.4 Å². The highest BCUT2D eigenvalue weighted by Crippen LogP contribution is 2.33. The lowest BCUT2D eigenvalue weighted by Crippen LogP contribution is -2.02. The van der Waals surface area contributed by atoms with E-state index in [1.54, 1.807) is 0 Å². The van der Waals surface area contributed by atoms with Crippen molar-refractivity contribution < 1.29 is 10.2 Å². The number of aromatic hydroxyl groups is 1. The molecule has 3 N–H and O–H groups in total. The van der Waals surface area contributed by atoms with Crippen molar-refractivity contribution in [1.29, 1.82) is 0 Å². The van der Waals surface area contributed by atoms with Crippen LogP contribution in [0.25, 0.3) is 0 Å². The average molecular weight is 387 g/mol. The van der Waals surface area contributed by atoms with Gasteiger partial charge >= 0.3 is 0 Å². The first-order valence-corrected chi connectivity index (χ1v) is 7.30. The molecule has 0 radical (unpaired) electrons. The number of halogens is 2. The van der Waals surface area contributed by atoms with Gasteiger partial charge < -0.3 is 15.5 Å². The number of phenolic OH excluding ortho intramolecular Hbond substituents is 1. The Morgan fingerprint density at radius 1 is 1.05 bits per heavy atom. The third kappa shape index (κ3) is 3.49. The summed E-state index contributed by atoms with van der Waals surface area (Å²) in [6, 6.07) is 11.3. The van der Waals surface area contributed by atoms with Crippen LogP contribution in [0.1, 0.15) is 11.1 Å². The Hall–Kier alpha value is -1.04. The van der Waals surface area contributed by atoms with Crippen LogP contribution in [-0.2, 0) is 13.2 Å². The molecule has 3 nitrogen and oxygen atoms in total. The molecule has 0 heterocycles. The molecular weight excluding hydrogens is 374 g/mol. The normalized spacial score (nSPS) is 10.5. The monoisotopic (exact) mass is 385 g/mol. The van der Waals surface area contributed by atoms with Crippen LogP contribution in [0.2, 0.25) is 0 Å². The Kier molecular flexibility index (Phi) is 4.85. The number of para-hydroxylation sites is 1. The highest BCUT2D eigenvalue weighted by Gasteiger charge is 2.06. The molecule has 0 aliphatic heterocycles. The zero-order valence-corrected chi connectivity index (χ0v) is 13.2. The highest BCUT2D eigenvalue weighted by atomic mass is 79.9. The molecule has 0 saturated heterocycles. The van der Waals surface area contributed by atoms with E-state index in [4.69, 9.17) is 0 Å². The second-order valence-electron chi connectivity index (χ2n) is 4.08. The van der Waals surface area contributed by atoms with E-state index in [1.807, 2.05) is 36.4 Å². The second kappa shape index (κ2) is 6.41. The van der Waals surface area contributed by atoms with Crippen molar-refractivity contribution >= 4 is 37.5 Å². The van der Waals surface area contributed by atoms with Gasteiger partial charge in [0.05, 0.1) is 15.6 Å². The van der Waals surface area contributed by atoms with Crippen molar-refractivity contribution in [3.8, 4) is 5.75 Å². The molecule has 0 saturated carbocycles. The molecule has 2 aromatic rings. The Bertz CT molecular complexity index is 564. The molecule has 0 atom stereocenters. The summed E-state index contributed by atoms with van der Waals surface area (Å²) in [5.41, 5.74) is 2.79. The third-order valence-corrected chi connectivity index (χ3v) is 3.96. The van der Waals surface area contributed by atoms with Gasteiger partial charge in [-0.15, -0.1) is 0 Å². The first kappa shape index (κ1) is 14.4. The van der Waals surface area contributed by atoms with Crippen LogP contribution in [0, 0.1) is 0 Å². The third-order valence-electron chi connectivity index (χ3n) is 2.75. The number of hydrogen-bond donors (Lipinski definition) is 3. The van der Waals surface area contributed by atoms with Crippen LogP contribution in [0.3, 0.4) is 0 Å². The maximum atomic E-state index is 9.65. The summed E-state index contributed by atoms with van der Waals surface area (Å²) in [5, 5.41) is 22.2. The van der Waals surface area contributed by atoms with Gasteiger partial charge in [0, 0.05) is 17.8 Å².